The summed E-state index contributed by atoms with van der Waals surface area (Å²) in [6.07, 6.45) is 10.6. The number of fused-ring (bicyclic) bond motifs is 5. The van der Waals surface area contributed by atoms with Crippen LogP contribution in [0.4, 0.5) is 0 Å². The smallest absolute Gasteiger partial charge is 0.326 e. The Hall–Kier alpha value is -1.14. The van der Waals surface area contributed by atoms with E-state index in [0.29, 0.717) is 54.9 Å². The van der Waals surface area contributed by atoms with Gasteiger partial charge in [-0.2, -0.15) is 0 Å². The summed E-state index contributed by atoms with van der Waals surface area (Å²) < 4.78 is 0. The van der Waals surface area contributed by atoms with Crippen molar-refractivity contribution < 1.29 is 24.9 Å². The number of rotatable bonds is 5. The highest BCUT2D eigenvalue weighted by atomic mass is 16.4. The van der Waals surface area contributed by atoms with Crippen molar-refractivity contribution in [3.63, 3.8) is 0 Å². The van der Waals surface area contributed by atoms with Gasteiger partial charge in [0.2, 0.25) is 5.91 Å². The van der Waals surface area contributed by atoms with E-state index in [4.69, 9.17) is 0 Å². The molecule has 6 heteroatoms. The molecule has 1 saturated heterocycles. The van der Waals surface area contributed by atoms with Crippen molar-refractivity contribution in [2.45, 2.75) is 116 Å². The number of carbonyl (C=O) groups excluding carboxylic acids is 1. The van der Waals surface area contributed by atoms with Gasteiger partial charge in [-0.1, -0.05) is 20.8 Å². The van der Waals surface area contributed by atoms with Crippen LogP contribution in [-0.4, -0.2) is 56.9 Å². The number of carboxylic acids is 1. The van der Waals surface area contributed by atoms with E-state index in [0.717, 1.165) is 44.9 Å². The third-order valence-electron chi connectivity index (χ3n) is 12.2. The Morgan fingerprint density at radius 1 is 1.00 bits per heavy atom. The molecule has 0 aromatic heterocycles. The van der Waals surface area contributed by atoms with E-state index < -0.39 is 12.0 Å². The van der Waals surface area contributed by atoms with Gasteiger partial charge in [0.05, 0.1) is 12.2 Å². The molecule has 11 atom stereocenters. The first-order valence-corrected chi connectivity index (χ1v) is 14.5. The SMILES string of the molecule is C[C@H](CCC(=O)N1CCC[C@H]1C(=O)O)[C@H]1CCC2[C@@H]3CC[C@@H]4C[C@H](O)CC[C@]4(C)[C@H]3C[C@H](O)[C@@]21C. The van der Waals surface area contributed by atoms with Crippen LogP contribution in [0.2, 0.25) is 0 Å². The zero-order chi connectivity index (χ0) is 25.1. The highest BCUT2D eigenvalue weighted by Crippen LogP contribution is 2.68. The number of carboxylic acid groups (broad SMARTS) is 1. The van der Waals surface area contributed by atoms with Crippen LogP contribution in [0.25, 0.3) is 0 Å². The molecule has 4 saturated carbocycles. The number of hydrogen-bond donors (Lipinski definition) is 3. The molecule has 5 rings (SSSR count). The second-order valence-electron chi connectivity index (χ2n) is 13.5. The minimum atomic E-state index is -0.884. The fourth-order valence-electron chi connectivity index (χ4n) is 10.2. The van der Waals surface area contributed by atoms with Crippen LogP contribution in [0.15, 0.2) is 0 Å². The molecular weight excluding hydrogens is 442 g/mol. The van der Waals surface area contributed by atoms with Crippen molar-refractivity contribution in [3.05, 3.63) is 0 Å². The summed E-state index contributed by atoms with van der Waals surface area (Å²) in [7, 11) is 0. The Morgan fingerprint density at radius 2 is 1.77 bits per heavy atom. The molecule has 5 fully saturated rings. The average Bonchev–Trinajstić information content (AvgIpc) is 3.44. The molecule has 0 bridgehead atoms. The summed E-state index contributed by atoms with van der Waals surface area (Å²) in [5.41, 5.74) is 0.148. The summed E-state index contributed by atoms with van der Waals surface area (Å²) >= 11 is 0. The van der Waals surface area contributed by atoms with Gasteiger partial charge in [0.25, 0.3) is 0 Å². The highest BCUT2D eigenvalue weighted by molar-refractivity contribution is 5.84. The van der Waals surface area contributed by atoms with E-state index in [1.165, 1.54) is 19.3 Å². The van der Waals surface area contributed by atoms with Crippen molar-refractivity contribution >= 4 is 11.9 Å². The topological polar surface area (TPSA) is 98.1 Å². The predicted molar refractivity (Wildman–Crippen MR) is 133 cm³/mol. The molecule has 0 spiro atoms. The van der Waals surface area contributed by atoms with Crippen molar-refractivity contribution in [2.24, 2.45) is 46.3 Å². The zero-order valence-corrected chi connectivity index (χ0v) is 22.0. The van der Waals surface area contributed by atoms with Crippen molar-refractivity contribution in [3.8, 4) is 0 Å². The summed E-state index contributed by atoms with van der Waals surface area (Å²) in [5.74, 6) is 2.19. The summed E-state index contributed by atoms with van der Waals surface area (Å²) in [5, 5.41) is 31.4. The fourth-order valence-corrected chi connectivity index (χ4v) is 10.2. The van der Waals surface area contributed by atoms with Gasteiger partial charge in [0.15, 0.2) is 0 Å². The third-order valence-corrected chi connectivity index (χ3v) is 12.2. The lowest BCUT2D eigenvalue weighted by molar-refractivity contribution is -0.175. The van der Waals surface area contributed by atoms with Crippen LogP contribution < -0.4 is 0 Å². The van der Waals surface area contributed by atoms with Crippen LogP contribution >= 0.6 is 0 Å². The predicted octanol–water partition coefficient (Wildman–Crippen LogP) is 4.47. The first-order chi connectivity index (χ1) is 16.6. The van der Waals surface area contributed by atoms with E-state index in [9.17, 15) is 24.9 Å². The van der Waals surface area contributed by atoms with Crippen LogP contribution in [0.3, 0.4) is 0 Å². The number of hydrogen-bond acceptors (Lipinski definition) is 4. The first kappa shape index (κ1) is 25.5. The Labute approximate surface area is 210 Å². The minimum absolute atomic E-state index is 0.0172. The van der Waals surface area contributed by atoms with Crippen LogP contribution in [-0.2, 0) is 9.59 Å². The summed E-state index contributed by atoms with van der Waals surface area (Å²) in [6.45, 7) is 7.61. The standard InChI is InChI=1S/C29H47NO5/c1-17(6-11-26(33)30-14-4-5-24(30)27(34)35)21-9-10-22-20-8-7-18-15-19(31)12-13-28(18,2)23(20)16-25(32)29(21,22)3/h17-25,31-32H,4-16H2,1-3H3,(H,34,35)/t17-,18-,19-,20+,21-,22?,23+,24+,25+,28+,29-/m1/s1. The first-order valence-electron chi connectivity index (χ1n) is 14.5. The molecule has 3 N–H and O–H groups in total. The van der Waals surface area contributed by atoms with Gasteiger partial charge in [0, 0.05) is 13.0 Å². The van der Waals surface area contributed by atoms with Gasteiger partial charge in [-0.15, -0.1) is 0 Å². The van der Waals surface area contributed by atoms with Gasteiger partial charge in [-0.3, -0.25) is 4.79 Å². The van der Waals surface area contributed by atoms with E-state index in [1.807, 2.05) is 0 Å². The van der Waals surface area contributed by atoms with E-state index in [2.05, 4.69) is 20.8 Å². The minimum Gasteiger partial charge on any atom is -0.480 e. The second-order valence-corrected chi connectivity index (χ2v) is 13.5. The lowest BCUT2D eigenvalue weighted by atomic mass is 9.43. The molecule has 0 radical (unpaired) electrons. The molecule has 1 aliphatic heterocycles. The molecule has 0 aromatic rings. The molecule has 6 nitrogen and oxygen atoms in total. The molecule has 35 heavy (non-hydrogen) atoms. The third kappa shape index (κ3) is 4.05. The number of carbonyl (C=O) groups is 2. The molecule has 1 amide bonds. The normalized spacial score (nSPS) is 48.1. The van der Waals surface area contributed by atoms with E-state index in [-0.39, 0.29) is 28.9 Å². The van der Waals surface area contributed by atoms with Crippen LogP contribution in [0, 0.1) is 46.3 Å². The van der Waals surface area contributed by atoms with Gasteiger partial charge in [-0.25, -0.2) is 4.79 Å². The lowest BCUT2D eigenvalue weighted by Crippen LogP contribution is -2.58. The number of amides is 1. The molecule has 4 aliphatic carbocycles. The van der Waals surface area contributed by atoms with Crippen molar-refractivity contribution in [1.29, 1.82) is 0 Å². The molecule has 1 heterocycles. The summed E-state index contributed by atoms with van der Waals surface area (Å²) in [6, 6.07) is -0.652. The summed E-state index contributed by atoms with van der Waals surface area (Å²) in [4.78, 5) is 26.0. The number of nitrogens with zero attached hydrogens (tertiary/aromatic N) is 1. The molecule has 0 aromatic carbocycles. The number of aliphatic carboxylic acids is 1. The largest absolute Gasteiger partial charge is 0.480 e. The molecule has 1 unspecified atom stereocenters. The quantitative estimate of drug-likeness (QED) is 0.529. The Morgan fingerprint density at radius 3 is 2.51 bits per heavy atom. The fraction of sp³-hybridized carbons (Fsp3) is 0.931. The lowest BCUT2D eigenvalue weighted by Gasteiger charge is -2.62. The number of aliphatic hydroxyl groups excluding tert-OH is 2. The Balaban J connectivity index is 1.27. The Kier molecular flexibility index (Phi) is 6.78. The number of aliphatic hydroxyl groups is 2. The number of likely N-dealkylation sites (tertiary alicyclic amines) is 1. The van der Waals surface area contributed by atoms with E-state index in [1.54, 1.807) is 4.90 Å². The maximum Gasteiger partial charge on any atom is 0.326 e. The van der Waals surface area contributed by atoms with Gasteiger partial charge >= 0.3 is 5.97 Å². The second kappa shape index (κ2) is 9.31. The average molecular weight is 490 g/mol. The van der Waals surface area contributed by atoms with Crippen LogP contribution in [0.5, 0.6) is 0 Å². The Bertz CT molecular complexity index is 832. The zero-order valence-electron chi connectivity index (χ0n) is 22.0. The van der Waals surface area contributed by atoms with Crippen molar-refractivity contribution in [2.75, 3.05) is 6.54 Å². The van der Waals surface area contributed by atoms with Crippen molar-refractivity contribution in [1.82, 2.24) is 4.90 Å². The monoisotopic (exact) mass is 489 g/mol. The maximum atomic E-state index is 12.9. The van der Waals surface area contributed by atoms with Gasteiger partial charge in [0.1, 0.15) is 6.04 Å². The van der Waals surface area contributed by atoms with Crippen LogP contribution in [0.1, 0.15) is 97.8 Å². The van der Waals surface area contributed by atoms with E-state index >= 15 is 0 Å². The highest BCUT2D eigenvalue weighted by Gasteiger charge is 2.63. The molecular formula is C29H47NO5. The van der Waals surface area contributed by atoms with Gasteiger partial charge in [-0.05, 0) is 117 Å². The molecule has 5 aliphatic rings. The maximum absolute atomic E-state index is 12.9. The molecule has 198 valence electrons. The van der Waals surface area contributed by atoms with Gasteiger partial charge < -0.3 is 20.2 Å².